The van der Waals surface area contributed by atoms with Gasteiger partial charge in [-0.15, -0.1) is 6.58 Å². The molecule has 108 valence electrons. The second-order valence-corrected chi connectivity index (χ2v) is 4.33. The quantitative estimate of drug-likeness (QED) is 0.461. The number of ether oxygens (including phenoxy) is 1. The zero-order valence-corrected chi connectivity index (χ0v) is 11.5. The SMILES string of the molecule is C=CCNC(=O)CC1NCCN(CCOCC)C1=O. The molecule has 0 aromatic carbocycles. The number of piperazine rings is 1. The highest BCUT2D eigenvalue weighted by molar-refractivity contribution is 5.88. The van der Waals surface area contributed by atoms with Crippen molar-refractivity contribution in [3.63, 3.8) is 0 Å². The Morgan fingerprint density at radius 1 is 1.68 bits per heavy atom. The summed E-state index contributed by atoms with van der Waals surface area (Å²) in [5.74, 6) is -0.169. The largest absolute Gasteiger partial charge is 0.380 e. The molecular formula is C13H23N3O3. The van der Waals surface area contributed by atoms with E-state index in [9.17, 15) is 9.59 Å². The number of carbonyl (C=O) groups is 2. The topological polar surface area (TPSA) is 70.7 Å². The summed E-state index contributed by atoms with van der Waals surface area (Å²) in [5.41, 5.74) is 0. The highest BCUT2D eigenvalue weighted by Crippen LogP contribution is 2.05. The van der Waals surface area contributed by atoms with Crippen LogP contribution in [0.5, 0.6) is 0 Å². The van der Waals surface area contributed by atoms with Crippen molar-refractivity contribution < 1.29 is 14.3 Å². The van der Waals surface area contributed by atoms with Gasteiger partial charge in [0.2, 0.25) is 11.8 Å². The first-order valence-corrected chi connectivity index (χ1v) is 6.66. The van der Waals surface area contributed by atoms with Crippen LogP contribution in [0.4, 0.5) is 0 Å². The van der Waals surface area contributed by atoms with Gasteiger partial charge in [-0.2, -0.15) is 0 Å². The van der Waals surface area contributed by atoms with Crippen molar-refractivity contribution in [3.8, 4) is 0 Å². The maximum Gasteiger partial charge on any atom is 0.240 e. The number of hydrogen-bond donors (Lipinski definition) is 2. The summed E-state index contributed by atoms with van der Waals surface area (Å²) in [4.78, 5) is 25.5. The minimum absolute atomic E-state index is 0.0280. The maximum absolute atomic E-state index is 12.1. The monoisotopic (exact) mass is 269 g/mol. The van der Waals surface area contributed by atoms with Crippen LogP contribution in [-0.2, 0) is 14.3 Å². The first-order chi connectivity index (χ1) is 9.19. The molecule has 0 aromatic rings. The lowest BCUT2D eigenvalue weighted by atomic mass is 10.1. The predicted molar refractivity (Wildman–Crippen MR) is 72.7 cm³/mol. The van der Waals surface area contributed by atoms with E-state index in [0.29, 0.717) is 39.4 Å². The van der Waals surface area contributed by atoms with Crippen molar-refractivity contribution in [3.05, 3.63) is 12.7 Å². The highest BCUT2D eigenvalue weighted by atomic mass is 16.5. The van der Waals surface area contributed by atoms with Gasteiger partial charge in [0.1, 0.15) is 0 Å². The Morgan fingerprint density at radius 3 is 3.16 bits per heavy atom. The van der Waals surface area contributed by atoms with Crippen LogP contribution in [0.1, 0.15) is 13.3 Å². The van der Waals surface area contributed by atoms with Gasteiger partial charge in [0.05, 0.1) is 19.1 Å². The lowest BCUT2D eigenvalue weighted by Gasteiger charge is -2.32. The fraction of sp³-hybridized carbons (Fsp3) is 0.692. The average Bonchev–Trinajstić information content (AvgIpc) is 2.41. The van der Waals surface area contributed by atoms with Crippen molar-refractivity contribution in [1.29, 1.82) is 0 Å². The van der Waals surface area contributed by atoms with E-state index in [1.165, 1.54) is 0 Å². The zero-order valence-electron chi connectivity index (χ0n) is 11.5. The van der Waals surface area contributed by atoms with Gasteiger partial charge in [-0.1, -0.05) is 6.08 Å². The Morgan fingerprint density at radius 2 is 2.47 bits per heavy atom. The number of nitrogens with one attached hydrogen (secondary N) is 2. The lowest BCUT2D eigenvalue weighted by Crippen LogP contribution is -2.56. The van der Waals surface area contributed by atoms with E-state index in [2.05, 4.69) is 17.2 Å². The van der Waals surface area contributed by atoms with Crippen LogP contribution < -0.4 is 10.6 Å². The van der Waals surface area contributed by atoms with Crippen LogP contribution in [0.3, 0.4) is 0 Å². The first kappa shape index (κ1) is 15.7. The molecule has 1 aliphatic heterocycles. The zero-order chi connectivity index (χ0) is 14.1. The van der Waals surface area contributed by atoms with E-state index >= 15 is 0 Å². The summed E-state index contributed by atoms with van der Waals surface area (Å²) in [5, 5.41) is 5.75. The summed E-state index contributed by atoms with van der Waals surface area (Å²) >= 11 is 0. The van der Waals surface area contributed by atoms with Gasteiger partial charge in [-0.05, 0) is 6.92 Å². The first-order valence-electron chi connectivity index (χ1n) is 6.66. The van der Waals surface area contributed by atoms with Crippen LogP contribution in [0, 0.1) is 0 Å². The smallest absolute Gasteiger partial charge is 0.240 e. The molecule has 0 radical (unpaired) electrons. The van der Waals surface area contributed by atoms with Crippen LogP contribution >= 0.6 is 0 Å². The number of carbonyl (C=O) groups excluding carboxylic acids is 2. The van der Waals surface area contributed by atoms with E-state index in [0.717, 1.165) is 0 Å². The molecule has 1 unspecified atom stereocenters. The predicted octanol–water partition coefficient (Wildman–Crippen LogP) is -0.484. The Hall–Kier alpha value is -1.40. The average molecular weight is 269 g/mol. The molecule has 1 aliphatic rings. The Balaban J connectivity index is 2.39. The van der Waals surface area contributed by atoms with Gasteiger partial charge < -0.3 is 20.3 Å². The second-order valence-electron chi connectivity index (χ2n) is 4.33. The van der Waals surface area contributed by atoms with Gasteiger partial charge in [0.25, 0.3) is 0 Å². The van der Waals surface area contributed by atoms with E-state index in [1.54, 1.807) is 11.0 Å². The molecule has 1 rings (SSSR count). The molecule has 1 heterocycles. The standard InChI is InChI=1S/C13H23N3O3/c1-3-5-15-12(17)10-11-13(18)16(7-6-14-11)8-9-19-4-2/h3,11,14H,1,4-10H2,2H3,(H,15,17). The Bertz CT molecular complexity index is 320. The fourth-order valence-corrected chi connectivity index (χ4v) is 1.94. The fourth-order valence-electron chi connectivity index (χ4n) is 1.94. The molecule has 19 heavy (non-hydrogen) atoms. The van der Waals surface area contributed by atoms with Gasteiger partial charge in [0.15, 0.2) is 0 Å². The number of hydrogen-bond acceptors (Lipinski definition) is 4. The molecule has 0 aromatic heterocycles. The summed E-state index contributed by atoms with van der Waals surface area (Å²) in [6.45, 7) is 9.01. The third-order valence-corrected chi connectivity index (χ3v) is 2.92. The molecular weight excluding hydrogens is 246 g/mol. The third-order valence-electron chi connectivity index (χ3n) is 2.92. The molecule has 2 N–H and O–H groups in total. The molecule has 6 heteroatoms. The van der Waals surface area contributed by atoms with E-state index < -0.39 is 6.04 Å². The van der Waals surface area contributed by atoms with Gasteiger partial charge in [0, 0.05) is 32.8 Å². The van der Waals surface area contributed by atoms with Gasteiger partial charge in [-0.3, -0.25) is 9.59 Å². The Kier molecular flexibility index (Phi) is 7.14. The van der Waals surface area contributed by atoms with Crippen molar-refractivity contribution in [1.82, 2.24) is 15.5 Å². The third kappa shape index (κ3) is 5.40. The van der Waals surface area contributed by atoms with Gasteiger partial charge in [-0.25, -0.2) is 0 Å². The van der Waals surface area contributed by atoms with Crippen LogP contribution in [0.25, 0.3) is 0 Å². The molecule has 1 saturated heterocycles. The van der Waals surface area contributed by atoms with Crippen LogP contribution in [0.15, 0.2) is 12.7 Å². The minimum atomic E-state index is -0.430. The van der Waals surface area contributed by atoms with Crippen molar-refractivity contribution in [2.45, 2.75) is 19.4 Å². The summed E-state index contributed by atoms with van der Waals surface area (Å²) < 4.78 is 5.25. The lowest BCUT2D eigenvalue weighted by molar-refractivity contribution is -0.138. The molecule has 0 aliphatic carbocycles. The normalized spacial score (nSPS) is 19.3. The van der Waals surface area contributed by atoms with Crippen molar-refractivity contribution >= 4 is 11.8 Å². The van der Waals surface area contributed by atoms with Crippen LogP contribution in [0.2, 0.25) is 0 Å². The molecule has 0 spiro atoms. The van der Waals surface area contributed by atoms with E-state index in [-0.39, 0.29) is 18.2 Å². The molecule has 2 amide bonds. The molecule has 0 saturated carbocycles. The summed E-state index contributed by atoms with van der Waals surface area (Å²) in [6, 6.07) is -0.430. The maximum atomic E-state index is 12.1. The molecule has 0 bridgehead atoms. The Labute approximate surface area is 114 Å². The number of rotatable bonds is 8. The van der Waals surface area contributed by atoms with Crippen molar-refractivity contribution in [2.75, 3.05) is 39.4 Å². The van der Waals surface area contributed by atoms with Crippen LogP contribution in [-0.4, -0.2) is 62.1 Å². The summed E-state index contributed by atoms with van der Waals surface area (Å²) in [6.07, 6.45) is 1.78. The van der Waals surface area contributed by atoms with E-state index in [1.807, 2.05) is 6.92 Å². The highest BCUT2D eigenvalue weighted by Gasteiger charge is 2.29. The second kappa shape index (κ2) is 8.66. The number of amides is 2. The molecule has 6 nitrogen and oxygen atoms in total. The number of nitrogens with zero attached hydrogens (tertiary/aromatic N) is 1. The van der Waals surface area contributed by atoms with Crippen molar-refractivity contribution in [2.24, 2.45) is 0 Å². The summed E-state index contributed by atoms with van der Waals surface area (Å²) in [7, 11) is 0. The van der Waals surface area contributed by atoms with Gasteiger partial charge >= 0.3 is 0 Å². The molecule has 1 fully saturated rings. The van der Waals surface area contributed by atoms with E-state index in [4.69, 9.17) is 4.74 Å². The molecule has 1 atom stereocenters. The minimum Gasteiger partial charge on any atom is -0.380 e.